The molecule has 0 aromatic heterocycles. The highest BCUT2D eigenvalue weighted by Crippen LogP contribution is 2.31. The van der Waals surface area contributed by atoms with Gasteiger partial charge in [0.15, 0.2) is 3.78 Å². The van der Waals surface area contributed by atoms with Crippen molar-refractivity contribution in [3.8, 4) is 0 Å². The number of hydrogen-bond donors (Lipinski definition) is 1. The highest BCUT2D eigenvalue weighted by molar-refractivity contribution is 9.10. The van der Waals surface area contributed by atoms with E-state index < -0.39 is 3.78 Å². The lowest BCUT2D eigenvalue weighted by molar-refractivity contribution is -0.122. The van der Waals surface area contributed by atoms with Crippen LogP contribution in [0.15, 0.2) is 0 Å². The Morgan fingerprint density at radius 3 is 2.78 bits per heavy atom. The Balaban J connectivity index is 2.60. The van der Waals surface area contributed by atoms with Crippen molar-refractivity contribution in [2.24, 2.45) is 0 Å². The van der Waals surface area contributed by atoms with Crippen LogP contribution in [0, 0.1) is 0 Å². The van der Waals surface area contributed by atoms with E-state index in [0.717, 1.165) is 13.0 Å². The Bertz CT molecular complexity index is 137. The van der Waals surface area contributed by atoms with Crippen LogP contribution in [-0.4, -0.2) is 16.2 Å². The van der Waals surface area contributed by atoms with Crippen LogP contribution in [0.2, 0.25) is 0 Å². The van der Waals surface area contributed by atoms with Crippen molar-refractivity contribution in [1.29, 1.82) is 0 Å². The predicted octanol–water partition coefficient (Wildman–Crippen LogP) is 1.23. The molecule has 1 amide bonds. The van der Waals surface area contributed by atoms with E-state index in [9.17, 15) is 4.79 Å². The van der Waals surface area contributed by atoms with Gasteiger partial charge in [-0.3, -0.25) is 4.79 Å². The fourth-order valence-electron chi connectivity index (χ4n) is 0.755. The van der Waals surface area contributed by atoms with Crippen molar-refractivity contribution in [3.63, 3.8) is 0 Å². The number of amides is 1. The molecule has 2 nitrogen and oxygen atoms in total. The van der Waals surface area contributed by atoms with Crippen LogP contribution in [0.1, 0.15) is 12.8 Å². The predicted molar refractivity (Wildman–Crippen MR) is 39.8 cm³/mol. The Morgan fingerprint density at radius 1 is 1.78 bits per heavy atom. The van der Waals surface area contributed by atoms with Gasteiger partial charge in [0.2, 0.25) is 0 Å². The van der Waals surface area contributed by atoms with Gasteiger partial charge in [0, 0.05) is 6.54 Å². The molecule has 52 valence electrons. The standard InChI is InChI=1S/C5H7BrClNO/c6-5(7)2-1-3-8-4(5)9/h1-3H2,(H,8,9). The number of alkyl halides is 2. The molecule has 1 N–H and O–H groups in total. The molecule has 0 spiro atoms. The molecule has 1 saturated heterocycles. The maximum Gasteiger partial charge on any atom is 0.252 e. The van der Waals surface area contributed by atoms with Crippen LogP contribution in [0.25, 0.3) is 0 Å². The molecule has 0 radical (unpaired) electrons. The number of rotatable bonds is 0. The van der Waals surface area contributed by atoms with Gasteiger partial charge in [-0.25, -0.2) is 0 Å². The quantitative estimate of drug-likeness (QED) is 0.601. The lowest BCUT2D eigenvalue weighted by Gasteiger charge is -2.23. The first-order valence-corrected chi connectivity index (χ1v) is 3.96. The zero-order valence-corrected chi connectivity index (χ0v) is 7.13. The molecule has 0 saturated carbocycles. The van der Waals surface area contributed by atoms with E-state index in [4.69, 9.17) is 11.6 Å². The van der Waals surface area contributed by atoms with E-state index in [1.807, 2.05) is 0 Å². The molecule has 1 rings (SSSR count). The number of carbonyl (C=O) groups excluding carboxylic acids is 1. The van der Waals surface area contributed by atoms with Gasteiger partial charge in [0.25, 0.3) is 5.91 Å². The van der Waals surface area contributed by atoms with Crippen LogP contribution in [0.4, 0.5) is 0 Å². The van der Waals surface area contributed by atoms with E-state index >= 15 is 0 Å². The Hall–Kier alpha value is 0.240. The van der Waals surface area contributed by atoms with Crippen molar-refractivity contribution in [3.05, 3.63) is 0 Å². The Kier molecular flexibility index (Phi) is 2.01. The van der Waals surface area contributed by atoms with Crippen LogP contribution in [-0.2, 0) is 4.79 Å². The summed E-state index contributed by atoms with van der Waals surface area (Å²) in [4.78, 5) is 10.8. The van der Waals surface area contributed by atoms with E-state index in [1.54, 1.807) is 0 Å². The summed E-state index contributed by atoms with van der Waals surface area (Å²) >= 11 is 8.84. The van der Waals surface area contributed by atoms with Crippen LogP contribution in [0.5, 0.6) is 0 Å². The lowest BCUT2D eigenvalue weighted by atomic mass is 10.1. The molecule has 0 bridgehead atoms. The molecular formula is C5H7BrClNO. The molecule has 4 heteroatoms. The topological polar surface area (TPSA) is 29.1 Å². The summed E-state index contributed by atoms with van der Waals surface area (Å²) in [6.45, 7) is 0.749. The fraction of sp³-hybridized carbons (Fsp3) is 0.800. The molecular weight excluding hydrogens is 205 g/mol. The highest BCUT2D eigenvalue weighted by atomic mass is 79.9. The van der Waals surface area contributed by atoms with Crippen molar-refractivity contribution in [2.45, 2.75) is 16.6 Å². The molecule has 9 heavy (non-hydrogen) atoms. The third kappa shape index (κ3) is 1.58. The fourth-order valence-corrected chi connectivity index (χ4v) is 1.38. The summed E-state index contributed by atoms with van der Waals surface area (Å²) < 4.78 is -0.828. The summed E-state index contributed by atoms with van der Waals surface area (Å²) in [6.07, 6.45) is 1.65. The van der Waals surface area contributed by atoms with Gasteiger partial charge < -0.3 is 5.32 Å². The average Bonchev–Trinajstić information content (AvgIpc) is 1.77. The first kappa shape index (κ1) is 7.35. The summed E-state index contributed by atoms with van der Waals surface area (Å²) in [6, 6.07) is 0. The molecule has 1 atom stereocenters. The zero-order chi connectivity index (χ0) is 6.91. The normalized spacial score (nSPS) is 36.0. The summed E-state index contributed by atoms with van der Waals surface area (Å²) in [5.41, 5.74) is 0. The van der Waals surface area contributed by atoms with E-state index in [2.05, 4.69) is 21.2 Å². The molecule has 1 aliphatic rings. The van der Waals surface area contributed by atoms with Gasteiger partial charge in [-0.1, -0.05) is 27.5 Å². The number of halogens is 2. The lowest BCUT2D eigenvalue weighted by Crippen LogP contribution is -2.43. The number of nitrogens with one attached hydrogen (secondary N) is 1. The monoisotopic (exact) mass is 211 g/mol. The zero-order valence-electron chi connectivity index (χ0n) is 4.79. The van der Waals surface area contributed by atoms with Gasteiger partial charge in [-0.05, 0) is 12.8 Å². The summed E-state index contributed by atoms with van der Waals surface area (Å²) in [5.74, 6) is -0.115. The average molecular weight is 212 g/mol. The highest BCUT2D eigenvalue weighted by Gasteiger charge is 2.34. The minimum absolute atomic E-state index is 0.115. The van der Waals surface area contributed by atoms with Gasteiger partial charge in [0.05, 0.1) is 0 Å². The number of hydrogen-bond acceptors (Lipinski definition) is 1. The molecule has 1 fully saturated rings. The first-order valence-electron chi connectivity index (χ1n) is 2.79. The summed E-state index contributed by atoms with van der Waals surface area (Å²) in [7, 11) is 0. The Labute approximate surface area is 67.1 Å². The molecule has 1 heterocycles. The molecule has 0 aromatic rings. The number of carbonyl (C=O) groups is 1. The molecule has 1 aliphatic heterocycles. The smallest absolute Gasteiger partial charge is 0.252 e. The van der Waals surface area contributed by atoms with E-state index in [-0.39, 0.29) is 5.91 Å². The third-order valence-electron chi connectivity index (χ3n) is 1.29. The largest absolute Gasteiger partial charge is 0.354 e. The minimum Gasteiger partial charge on any atom is -0.354 e. The van der Waals surface area contributed by atoms with Crippen molar-refractivity contribution < 1.29 is 4.79 Å². The third-order valence-corrected chi connectivity index (χ3v) is 2.40. The van der Waals surface area contributed by atoms with E-state index in [0.29, 0.717) is 6.42 Å². The van der Waals surface area contributed by atoms with Crippen LogP contribution < -0.4 is 5.32 Å². The van der Waals surface area contributed by atoms with Crippen molar-refractivity contribution >= 4 is 33.4 Å². The minimum atomic E-state index is -0.828. The van der Waals surface area contributed by atoms with Crippen molar-refractivity contribution in [1.82, 2.24) is 5.32 Å². The van der Waals surface area contributed by atoms with Gasteiger partial charge >= 0.3 is 0 Å². The SMILES string of the molecule is O=C1NCCCC1(Cl)Br. The molecule has 0 aliphatic carbocycles. The maximum atomic E-state index is 10.8. The van der Waals surface area contributed by atoms with Crippen molar-refractivity contribution in [2.75, 3.05) is 6.54 Å². The first-order chi connectivity index (χ1) is 4.13. The summed E-state index contributed by atoms with van der Waals surface area (Å²) in [5, 5.41) is 2.65. The second kappa shape index (κ2) is 2.46. The van der Waals surface area contributed by atoms with E-state index in [1.165, 1.54) is 0 Å². The Morgan fingerprint density at radius 2 is 2.44 bits per heavy atom. The molecule has 1 unspecified atom stereocenters. The van der Waals surface area contributed by atoms with Gasteiger partial charge in [-0.15, -0.1) is 0 Å². The van der Waals surface area contributed by atoms with Crippen LogP contribution >= 0.6 is 27.5 Å². The number of piperidine rings is 1. The van der Waals surface area contributed by atoms with Gasteiger partial charge in [0.1, 0.15) is 0 Å². The second-order valence-electron chi connectivity index (χ2n) is 2.06. The maximum absolute atomic E-state index is 10.8. The molecule has 0 aromatic carbocycles. The second-order valence-corrected chi connectivity index (χ2v) is 4.52. The van der Waals surface area contributed by atoms with Gasteiger partial charge in [-0.2, -0.15) is 0 Å². The van der Waals surface area contributed by atoms with Crippen LogP contribution in [0.3, 0.4) is 0 Å².